The minimum atomic E-state index is -1.17. The summed E-state index contributed by atoms with van der Waals surface area (Å²) in [5, 5.41) is 10.3. The van der Waals surface area contributed by atoms with Gasteiger partial charge in [-0.2, -0.15) is 0 Å². The molecular formula is C46H66ClNO6. The SMILES string of the molecule is CC(=O)N(CCc1ccc(Cl)cc1)C[C@@]12CC[C@]3(C)[C@H](CC[C@@H]4[C@@]5(C)CC[C@H](OC(=O)CC(C)(C)C(=O)O)C(C)(C)C5CC[C@]43C)C1=C(C(C)C)C(=O)C2. The molecule has 1 unspecified atom stereocenters. The third-order valence-corrected chi connectivity index (χ3v) is 16.7. The van der Waals surface area contributed by atoms with Crippen LogP contribution in [0, 0.1) is 56.2 Å². The first kappa shape index (κ1) is 41.0. The van der Waals surface area contributed by atoms with E-state index in [1.807, 2.05) is 29.2 Å². The van der Waals surface area contributed by atoms with E-state index in [0.29, 0.717) is 42.3 Å². The number of esters is 1. The maximum absolute atomic E-state index is 14.2. The second-order valence-electron chi connectivity index (χ2n) is 20.5. The molecule has 1 aromatic rings. The number of aliphatic carboxylic acids is 1. The fraction of sp³-hybridized carbons (Fsp3) is 0.739. The Kier molecular flexibility index (Phi) is 10.7. The number of ether oxygens (including phenoxy) is 1. The molecule has 0 heterocycles. The fourth-order valence-electron chi connectivity index (χ4n) is 13.4. The van der Waals surface area contributed by atoms with Crippen molar-refractivity contribution in [1.29, 1.82) is 0 Å². The van der Waals surface area contributed by atoms with Crippen molar-refractivity contribution in [1.82, 2.24) is 4.90 Å². The van der Waals surface area contributed by atoms with Gasteiger partial charge in [0.15, 0.2) is 5.78 Å². The van der Waals surface area contributed by atoms with Crippen LogP contribution in [0.1, 0.15) is 139 Å². The number of carboxylic acid groups (broad SMARTS) is 1. The van der Waals surface area contributed by atoms with Gasteiger partial charge in [-0.15, -0.1) is 0 Å². The first-order valence-corrected chi connectivity index (χ1v) is 21.1. The number of benzene rings is 1. The predicted octanol–water partition coefficient (Wildman–Crippen LogP) is 10.1. The van der Waals surface area contributed by atoms with Crippen LogP contribution in [0.4, 0.5) is 0 Å². The molecule has 0 radical (unpaired) electrons. The van der Waals surface area contributed by atoms with Gasteiger partial charge in [-0.3, -0.25) is 19.2 Å². The maximum atomic E-state index is 14.2. The molecule has 1 amide bonds. The van der Waals surface area contributed by atoms with Gasteiger partial charge in [0.2, 0.25) is 5.91 Å². The number of rotatable bonds is 10. The van der Waals surface area contributed by atoms with E-state index >= 15 is 0 Å². The number of nitrogens with zero attached hydrogens (tertiary/aromatic N) is 1. The van der Waals surface area contributed by atoms with Crippen molar-refractivity contribution in [3.63, 3.8) is 0 Å². The average Bonchev–Trinajstić information content (AvgIpc) is 3.37. The molecule has 8 heteroatoms. The summed E-state index contributed by atoms with van der Waals surface area (Å²) >= 11 is 6.15. The number of allylic oxidation sites excluding steroid dienone is 1. The van der Waals surface area contributed by atoms with E-state index in [1.165, 1.54) is 5.57 Å². The van der Waals surface area contributed by atoms with Crippen molar-refractivity contribution in [2.75, 3.05) is 13.1 Å². The quantitative estimate of drug-likeness (QED) is 0.238. The van der Waals surface area contributed by atoms with Crippen molar-refractivity contribution in [2.24, 2.45) is 56.2 Å². The van der Waals surface area contributed by atoms with Gasteiger partial charge in [0.05, 0.1) is 11.8 Å². The third kappa shape index (κ3) is 6.58. The van der Waals surface area contributed by atoms with Crippen LogP contribution in [0.5, 0.6) is 0 Å². The summed E-state index contributed by atoms with van der Waals surface area (Å²) < 4.78 is 6.18. The molecule has 8 atom stereocenters. The number of halogens is 1. The number of carbonyl (C=O) groups excluding carboxylic acids is 3. The Hall–Kier alpha value is -2.67. The van der Waals surface area contributed by atoms with Crippen molar-refractivity contribution in [2.45, 2.75) is 146 Å². The topological polar surface area (TPSA) is 101 Å². The fourth-order valence-corrected chi connectivity index (χ4v) is 13.5. The molecule has 0 saturated heterocycles. The molecule has 4 saturated carbocycles. The Balaban J connectivity index is 1.28. The number of amides is 1. The summed E-state index contributed by atoms with van der Waals surface area (Å²) in [6, 6.07) is 7.87. The molecule has 7 nitrogen and oxygen atoms in total. The summed E-state index contributed by atoms with van der Waals surface area (Å²) in [6.07, 6.45) is 8.88. The molecule has 298 valence electrons. The van der Waals surface area contributed by atoms with Gasteiger partial charge in [0.25, 0.3) is 0 Å². The summed E-state index contributed by atoms with van der Waals surface area (Å²) in [6.45, 7) is 22.6. The van der Waals surface area contributed by atoms with Crippen molar-refractivity contribution < 1.29 is 29.0 Å². The first-order valence-electron chi connectivity index (χ1n) is 20.7. The number of fused-ring (bicyclic) bond motifs is 7. The molecule has 0 aromatic heterocycles. The molecule has 0 bridgehead atoms. The van der Waals surface area contributed by atoms with E-state index in [9.17, 15) is 24.3 Å². The molecule has 1 N–H and O–H groups in total. The predicted molar refractivity (Wildman–Crippen MR) is 213 cm³/mol. The zero-order chi connectivity index (χ0) is 39.8. The zero-order valence-electron chi connectivity index (χ0n) is 34.7. The number of hydrogen-bond donors (Lipinski definition) is 1. The Morgan fingerprint density at radius 3 is 2.20 bits per heavy atom. The first-order chi connectivity index (χ1) is 25.0. The lowest BCUT2D eigenvalue weighted by molar-refractivity contribution is -0.233. The summed E-state index contributed by atoms with van der Waals surface area (Å²) in [5.74, 6) is 0.231. The van der Waals surface area contributed by atoms with Gasteiger partial charge in [-0.05, 0) is 135 Å². The number of carbonyl (C=O) groups is 4. The average molecular weight is 764 g/mol. The highest BCUT2D eigenvalue weighted by Gasteiger charge is 2.70. The second-order valence-corrected chi connectivity index (χ2v) is 20.9. The molecule has 6 rings (SSSR count). The van der Waals surface area contributed by atoms with Crippen molar-refractivity contribution in [3.8, 4) is 0 Å². The van der Waals surface area contributed by atoms with Crippen LogP contribution in [0.3, 0.4) is 0 Å². The second kappa shape index (κ2) is 14.1. The van der Waals surface area contributed by atoms with E-state index in [0.717, 1.165) is 68.9 Å². The van der Waals surface area contributed by atoms with Crippen LogP contribution in [0.2, 0.25) is 5.02 Å². The van der Waals surface area contributed by atoms with Crippen LogP contribution in [0.25, 0.3) is 0 Å². The summed E-state index contributed by atoms with van der Waals surface area (Å²) in [7, 11) is 0. The highest BCUT2D eigenvalue weighted by molar-refractivity contribution is 6.30. The number of carboxylic acids is 1. The number of ketones is 1. The van der Waals surface area contributed by atoms with E-state index in [2.05, 4.69) is 48.5 Å². The van der Waals surface area contributed by atoms with E-state index in [1.54, 1.807) is 20.8 Å². The summed E-state index contributed by atoms with van der Waals surface area (Å²) in [5.41, 5.74) is 1.98. The lowest BCUT2D eigenvalue weighted by atomic mass is 9.33. The van der Waals surface area contributed by atoms with Crippen LogP contribution < -0.4 is 0 Å². The van der Waals surface area contributed by atoms with Crippen LogP contribution in [-0.2, 0) is 30.3 Å². The number of hydrogen-bond acceptors (Lipinski definition) is 5. The van der Waals surface area contributed by atoms with E-state index < -0.39 is 17.4 Å². The molecule has 54 heavy (non-hydrogen) atoms. The molecule has 4 fully saturated rings. The minimum Gasteiger partial charge on any atom is -0.481 e. The molecule has 5 aliphatic carbocycles. The minimum absolute atomic E-state index is 0.00766. The van der Waals surface area contributed by atoms with Gasteiger partial charge >= 0.3 is 11.9 Å². The standard InChI is InChI=1S/C46H66ClNO6/c1-28(2)38-33(50)25-46(27-48(29(3)49)24-19-30-11-13-31(47)14-12-30)23-22-44(9)32(39(38)46)15-16-35-43(8)20-18-36(54-37(51)26-41(4,5)40(52)53)42(6,7)34(43)17-21-45(35,44)10/h11-14,28,32,34-36H,15-27H2,1-10H3,(H,52,53)/t32-,34?,35-,36+,43+,44-,45-,46+/m1/s1. The highest BCUT2D eigenvalue weighted by atomic mass is 35.5. The van der Waals surface area contributed by atoms with Gasteiger partial charge in [-0.1, -0.05) is 77.8 Å². The number of Topliss-reactive ketones (excluding diaryl/α,β-unsaturated/α-hetero) is 1. The van der Waals surface area contributed by atoms with Crippen LogP contribution >= 0.6 is 11.6 Å². The third-order valence-electron chi connectivity index (χ3n) is 16.5. The maximum Gasteiger partial charge on any atom is 0.309 e. The Labute approximate surface area is 329 Å². The highest BCUT2D eigenvalue weighted by Crippen LogP contribution is 2.76. The smallest absolute Gasteiger partial charge is 0.309 e. The normalized spacial score (nSPS) is 35.8. The van der Waals surface area contributed by atoms with Gasteiger partial charge in [0, 0.05) is 42.3 Å². The van der Waals surface area contributed by atoms with Gasteiger partial charge in [0.1, 0.15) is 6.10 Å². The molecule has 1 aromatic carbocycles. The Morgan fingerprint density at radius 1 is 0.926 bits per heavy atom. The van der Waals surface area contributed by atoms with E-state index in [4.69, 9.17) is 16.3 Å². The monoisotopic (exact) mass is 763 g/mol. The lowest BCUT2D eigenvalue weighted by Gasteiger charge is -2.72. The summed E-state index contributed by atoms with van der Waals surface area (Å²) in [4.78, 5) is 54.4. The van der Waals surface area contributed by atoms with Crippen LogP contribution in [-0.4, -0.2) is 52.8 Å². The van der Waals surface area contributed by atoms with E-state index in [-0.39, 0.29) is 57.2 Å². The zero-order valence-corrected chi connectivity index (χ0v) is 35.5. The molecular weight excluding hydrogens is 698 g/mol. The van der Waals surface area contributed by atoms with Crippen LogP contribution in [0.15, 0.2) is 35.4 Å². The van der Waals surface area contributed by atoms with Gasteiger partial charge in [-0.25, -0.2) is 0 Å². The lowest BCUT2D eigenvalue weighted by Crippen LogP contribution is -2.66. The molecule has 0 spiro atoms. The van der Waals surface area contributed by atoms with Gasteiger partial charge < -0.3 is 14.7 Å². The largest absolute Gasteiger partial charge is 0.481 e. The Bertz CT molecular complexity index is 1710. The van der Waals surface area contributed by atoms with Crippen molar-refractivity contribution in [3.05, 3.63) is 46.0 Å². The van der Waals surface area contributed by atoms with Crippen molar-refractivity contribution >= 4 is 35.2 Å². The molecule has 5 aliphatic rings. The Morgan fingerprint density at radius 2 is 1.59 bits per heavy atom. The molecule has 0 aliphatic heterocycles.